The quantitative estimate of drug-likeness (QED) is 0.636. The Morgan fingerprint density at radius 3 is 2.65 bits per heavy atom. The van der Waals surface area contributed by atoms with Crippen LogP contribution in [0.1, 0.15) is 13.8 Å². The molecule has 0 heterocycles. The second-order valence-corrected chi connectivity index (χ2v) is 3.87. The van der Waals surface area contributed by atoms with Gasteiger partial charge < -0.3 is 10.6 Å². The molecule has 90 valence electrons. The number of nitriles is 1. The van der Waals surface area contributed by atoms with Gasteiger partial charge in [0.1, 0.15) is 0 Å². The van der Waals surface area contributed by atoms with Crippen molar-refractivity contribution in [3.8, 4) is 6.07 Å². The number of nitrogens with zero attached hydrogens (tertiary/aromatic N) is 3. The largest absolute Gasteiger partial charge is 0.369 e. The molecule has 1 rings (SSSR count). The Balaban J connectivity index is 2.76. The Morgan fingerprint density at radius 2 is 2.12 bits per heavy atom. The van der Waals surface area contributed by atoms with E-state index in [2.05, 4.69) is 11.1 Å². The number of para-hydroxylation sites is 1. The highest BCUT2D eigenvalue weighted by atomic mass is 15.2. The van der Waals surface area contributed by atoms with E-state index in [0.717, 1.165) is 12.2 Å². The number of benzene rings is 1. The molecular formula is C13H18N4. The van der Waals surface area contributed by atoms with Gasteiger partial charge in [0.25, 0.3) is 0 Å². The molecule has 1 atom stereocenters. The maximum absolute atomic E-state index is 8.79. The third kappa shape index (κ3) is 4.15. The fourth-order valence-electron chi connectivity index (χ4n) is 1.46. The van der Waals surface area contributed by atoms with E-state index in [0.29, 0.717) is 12.5 Å². The van der Waals surface area contributed by atoms with Gasteiger partial charge in [-0.05, 0) is 26.0 Å². The van der Waals surface area contributed by atoms with Gasteiger partial charge in [0, 0.05) is 13.1 Å². The second-order valence-electron chi connectivity index (χ2n) is 3.87. The van der Waals surface area contributed by atoms with Crippen molar-refractivity contribution in [1.82, 2.24) is 4.90 Å². The summed E-state index contributed by atoms with van der Waals surface area (Å²) >= 11 is 0. The van der Waals surface area contributed by atoms with Crippen LogP contribution >= 0.6 is 0 Å². The third-order valence-corrected chi connectivity index (χ3v) is 2.42. The average Bonchev–Trinajstić information content (AvgIpc) is 2.36. The third-order valence-electron chi connectivity index (χ3n) is 2.42. The molecular weight excluding hydrogens is 212 g/mol. The van der Waals surface area contributed by atoms with Gasteiger partial charge in [-0.15, -0.1) is 0 Å². The first-order chi connectivity index (χ1) is 8.17. The minimum atomic E-state index is -0.0560. The van der Waals surface area contributed by atoms with Crippen LogP contribution in [-0.2, 0) is 0 Å². The lowest BCUT2D eigenvalue weighted by atomic mass is 10.2. The summed E-state index contributed by atoms with van der Waals surface area (Å²) in [7, 11) is 0. The summed E-state index contributed by atoms with van der Waals surface area (Å²) in [6.07, 6.45) is 0. The van der Waals surface area contributed by atoms with E-state index in [1.54, 1.807) is 0 Å². The van der Waals surface area contributed by atoms with Gasteiger partial charge in [-0.1, -0.05) is 18.2 Å². The predicted octanol–water partition coefficient (Wildman–Crippen LogP) is 2.11. The normalized spacial score (nSPS) is 12.9. The summed E-state index contributed by atoms with van der Waals surface area (Å²) in [6.45, 7) is 5.22. The molecule has 1 unspecified atom stereocenters. The van der Waals surface area contributed by atoms with Crippen molar-refractivity contribution in [3.63, 3.8) is 0 Å². The predicted molar refractivity (Wildman–Crippen MR) is 69.7 cm³/mol. The minimum Gasteiger partial charge on any atom is -0.369 e. The van der Waals surface area contributed by atoms with Crippen molar-refractivity contribution in [2.24, 2.45) is 16.6 Å². The highest BCUT2D eigenvalue weighted by Crippen LogP contribution is 2.10. The lowest BCUT2D eigenvalue weighted by Gasteiger charge is -2.22. The van der Waals surface area contributed by atoms with E-state index in [-0.39, 0.29) is 5.92 Å². The maximum Gasteiger partial charge on any atom is 0.196 e. The number of hydrogen-bond acceptors (Lipinski definition) is 2. The Labute approximate surface area is 102 Å². The Kier molecular flexibility index (Phi) is 5.02. The minimum absolute atomic E-state index is 0.0560. The first kappa shape index (κ1) is 13.0. The van der Waals surface area contributed by atoms with Crippen molar-refractivity contribution in [2.75, 3.05) is 13.1 Å². The van der Waals surface area contributed by atoms with Crippen LogP contribution in [0.25, 0.3) is 0 Å². The molecule has 0 amide bonds. The van der Waals surface area contributed by atoms with Crippen LogP contribution in [0.15, 0.2) is 35.3 Å². The smallest absolute Gasteiger partial charge is 0.196 e. The number of rotatable bonds is 4. The highest BCUT2D eigenvalue weighted by Gasteiger charge is 2.09. The molecule has 1 aromatic carbocycles. The number of guanidine groups is 1. The summed E-state index contributed by atoms with van der Waals surface area (Å²) in [5, 5.41) is 8.79. The molecule has 0 aliphatic rings. The van der Waals surface area contributed by atoms with E-state index in [9.17, 15) is 0 Å². The van der Waals surface area contributed by atoms with Crippen molar-refractivity contribution in [3.05, 3.63) is 30.3 Å². The van der Waals surface area contributed by atoms with Gasteiger partial charge in [-0.3, -0.25) is 0 Å². The van der Waals surface area contributed by atoms with Crippen LogP contribution < -0.4 is 5.73 Å². The van der Waals surface area contributed by atoms with E-state index >= 15 is 0 Å². The fraction of sp³-hybridized carbons (Fsp3) is 0.385. The summed E-state index contributed by atoms with van der Waals surface area (Å²) < 4.78 is 0. The first-order valence-corrected chi connectivity index (χ1v) is 5.71. The number of aliphatic imine (C=N–C) groups is 1. The molecule has 2 N–H and O–H groups in total. The zero-order valence-corrected chi connectivity index (χ0v) is 10.3. The topological polar surface area (TPSA) is 65.4 Å². The molecule has 17 heavy (non-hydrogen) atoms. The van der Waals surface area contributed by atoms with Crippen molar-refractivity contribution in [2.45, 2.75) is 13.8 Å². The van der Waals surface area contributed by atoms with Crippen molar-refractivity contribution >= 4 is 11.6 Å². The number of nitrogens with two attached hydrogens (primary N) is 1. The first-order valence-electron chi connectivity index (χ1n) is 5.71. The van der Waals surface area contributed by atoms with Gasteiger partial charge >= 0.3 is 0 Å². The lowest BCUT2D eigenvalue weighted by molar-refractivity contribution is 0.400. The molecule has 0 radical (unpaired) electrons. The molecule has 1 aromatic rings. The zero-order chi connectivity index (χ0) is 12.7. The zero-order valence-electron chi connectivity index (χ0n) is 10.3. The second kappa shape index (κ2) is 6.54. The van der Waals surface area contributed by atoms with Gasteiger partial charge in [-0.2, -0.15) is 5.26 Å². The molecule has 0 aliphatic carbocycles. The van der Waals surface area contributed by atoms with Crippen LogP contribution in [0.5, 0.6) is 0 Å². The highest BCUT2D eigenvalue weighted by molar-refractivity contribution is 5.81. The summed E-state index contributed by atoms with van der Waals surface area (Å²) in [4.78, 5) is 6.23. The Hall–Kier alpha value is -2.02. The van der Waals surface area contributed by atoms with Gasteiger partial charge in [0.2, 0.25) is 0 Å². The summed E-state index contributed by atoms with van der Waals surface area (Å²) in [5.41, 5.74) is 6.76. The monoisotopic (exact) mass is 230 g/mol. The van der Waals surface area contributed by atoms with Gasteiger partial charge in [0.15, 0.2) is 5.96 Å². The molecule has 0 aliphatic heterocycles. The van der Waals surface area contributed by atoms with E-state index < -0.39 is 0 Å². The number of hydrogen-bond donors (Lipinski definition) is 1. The van der Waals surface area contributed by atoms with E-state index in [1.165, 1.54) is 0 Å². The summed E-state index contributed by atoms with van der Waals surface area (Å²) in [6, 6.07) is 11.8. The Morgan fingerprint density at radius 1 is 1.47 bits per heavy atom. The molecule has 0 aromatic heterocycles. The standard InChI is InChI=1S/C13H18N4/c1-3-17(10-11(2)9-14)13(15)16-12-7-5-4-6-8-12/h4-8,11H,3,10H2,1-2H3,(H2,15,16). The molecule has 0 spiro atoms. The van der Waals surface area contributed by atoms with Gasteiger partial charge in [0.05, 0.1) is 17.7 Å². The maximum atomic E-state index is 8.79. The van der Waals surface area contributed by atoms with Crippen molar-refractivity contribution in [1.29, 1.82) is 5.26 Å². The fourth-order valence-corrected chi connectivity index (χ4v) is 1.46. The van der Waals surface area contributed by atoms with E-state index in [4.69, 9.17) is 11.0 Å². The average molecular weight is 230 g/mol. The Bertz CT molecular complexity index is 405. The SMILES string of the molecule is CCN(CC(C)C#N)C(N)=Nc1ccccc1. The van der Waals surface area contributed by atoms with Crippen LogP contribution in [0.2, 0.25) is 0 Å². The van der Waals surface area contributed by atoms with Crippen LogP contribution in [0.4, 0.5) is 5.69 Å². The lowest BCUT2D eigenvalue weighted by Crippen LogP contribution is -2.39. The van der Waals surface area contributed by atoms with Gasteiger partial charge in [-0.25, -0.2) is 4.99 Å². The molecule has 4 heteroatoms. The molecule has 0 bridgehead atoms. The molecule has 0 saturated heterocycles. The van der Waals surface area contributed by atoms with E-state index in [1.807, 2.05) is 49.1 Å². The molecule has 4 nitrogen and oxygen atoms in total. The van der Waals surface area contributed by atoms with Crippen molar-refractivity contribution < 1.29 is 0 Å². The molecule has 0 fully saturated rings. The van der Waals surface area contributed by atoms with Crippen LogP contribution in [0, 0.1) is 17.2 Å². The van der Waals surface area contributed by atoms with Crippen LogP contribution in [0.3, 0.4) is 0 Å². The van der Waals surface area contributed by atoms with Crippen LogP contribution in [-0.4, -0.2) is 23.9 Å². The molecule has 0 saturated carbocycles. The summed E-state index contributed by atoms with van der Waals surface area (Å²) in [5.74, 6) is 0.403.